The predicted octanol–water partition coefficient (Wildman–Crippen LogP) is 3.19. The minimum atomic E-state index is -0.253. The van der Waals surface area contributed by atoms with E-state index in [1.165, 1.54) is 6.42 Å². The third-order valence-corrected chi connectivity index (χ3v) is 5.40. The normalized spacial score (nSPS) is 25.1. The number of hydrogen-bond donors (Lipinski definition) is 2. The van der Waals surface area contributed by atoms with Crippen molar-refractivity contribution in [2.75, 3.05) is 18.4 Å². The Labute approximate surface area is 153 Å². The van der Waals surface area contributed by atoms with Crippen LogP contribution in [0.2, 0.25) is 0 Å². The maximum Gasteiger partial charge on any atom is 0.232 e. The zero-order chi connectivity index (χ0) is 16.6. The Hall–Kier alpha value is -1.92. The highest BCUT2D eigenvalue weighted by Gasteiger charge is 2.49. The summed E-state index contributed by atoms with van der Waals surface area (Å²) < 4.78 is 5.03. The second-order valence-electron chi connectivity index (χ2n) is 6.90. The summed E-state index contributed by atoms with van der Waals surface area (Å²) in [7, 11) is 0. The van der Waals surface area contributed by atoms with Crippen molar-refractivity contribution in [1.82, 2.24) is 15.5 Å². The van der Waals surface area contributed by atoms with E-state index in [1.54, 1.807) is 6.92 Å². The van der Waals surface area contributed by atoms with E-state index in [2.05, 4.69) is 20.8 Å². The molecular weight excluding hydrogens is 340 g/mol. The van der Waals surface area contributed by atoms with Gasteiger partial charge in [0.2, 0.25) is 17.6 Å². The molecule has 2 fully saturated rings. The van der Waals surface area contributed by atoms with Crippen LogP contribution in [-0.4, -0.2) is 29.1 Å². The topological polar surface area (TPSA) is 80.0 Å². The molecule has 134 valence electrons. The first kappa shape index (κ1) is 17.9. The second kappa shape index (κ2) is 7.14. The number of carbonyl (C=O) groups is 1. The summed E-state index contributed by atoms with van der Waals surface area (Å²) in [5.41, 5.74) is 1.37. The van der Waals surface area contributed by atoms with Crippen molar-refractivity contribution in [3.63, 3.8) is 0 Å². The zero-order valence-corrected chi connectivity index (χ0v) is 15.1. The molecule has 25 heavy (non-hydrogen) atoms. The zero-order valence-electron chi connectivity index (χ0n) is 14.2. The number of carbonyl (C=O) groups excluding carboxylic acids is 1. The van der Waals surface area contributed by atoms with Gasteiger partial charge in [-0.3, -0.25) is 4.79 Å². The summed E-state index contributed by atoms with van der Waals surface area (Å²) in [5, 5.41) is 10.5. The summed E-state index contributed by atoms with van der Waals surface area (Å²) in [6.45, 7) is 3.50. The van der Waals surface area contributed by atoms with Crippen molar-refractivity contribution >= 4 is 24.0 Å². The molecule has 1 aromatic carbocycles. The summed E-state index contributed by atoms with van der Waals surface area (Å²) in [4.78, 5) is 17.3. The minimum Gasteiger partial charge on any atom is -0.339 e. The Morgan fingerprint density at radius 2 is 2.28 bits per heavy atom. The van der Waals surface area contributed by atoms with Gasteiger partial charge in [0.1, 0.15) is 0 Å². The molecule has 0 spiro atoms. The van der Waals surface area contributed by atoms with Crippen LogP contribution in [0.1, 0.15) is 31.6 Å². The van der Waals surface area contributed by atoms with Crippen molar-refractivity contribution in [3.8, 4) is 11.4 Å². The molecule has 2 heterocycles. The molecule has 1 aliphatic heterocycles. The van der Waals surface area contributed by atoms with E-state index in [0.717, 1.165) is 43.6 Å². The molecule has 1 aliphatic carbocycles. The SMILES string of the molecule is Cc1nc(-c2cccc(NC(=O)[C@@]34CCCC[C@H]3CNC4)c2)no1.Cl. The van der Waals surface area contributed by atoms with Crippen molar-refractivity contribution in [2.45, 2.75) is 32.6 Å². The third kappa shape index (κ3) is 3.28. The third-order valence-electron chi connectivity index (χ3n) is 5.40. The van der Waals surface area contributed by atoms with Gasteiger partial charge in [0.25, 0.3) is 0 Å². The molecule has 1 aromatic heterocycles. The van der Waals surface area contributed by atoms with Gasteiger partial charge in [0, 0.05) is 24.7 Å². The number of nitrogens with zero attached hydrogens (tertiary/aromatic N) is 2. The van der Waals surface area contributed by atoms with Gasteiger partial charge in [-0.1, -0.05) is 30.1 Å². The van der Waals surface area contributed by atoms with Crippen LogP contribution in [0, 0.1) is 18.3 Å². The number of amides is 1. The molecule has 0 radical (unpaired) electrons. The predicted molar refractivity (Wildman–Crippen MR) is 97.6 cm³/mol. The van der Waals surface area contributed by atoms with Crippen LogP contribution >= 0.6 is 12.4 Å². The van der Waals surface area contributed by atoms with E-state index < -0.39 is 0 Å². The van der Waals surface area contributed by atoms with Crippen LogP contribution in [0.4, 0.5) is 5.69 Å². The van der Waals surface area contributed by atoms with Crippen LogP contribution in [-0.2, 0) is 4.79 Å². The van der Waals surface area contributed by atoms with Gasteiger partial charge < -0.3 is 15.2 Å². The largest absolute Gasteiger partial charge is 0.339 e. The Bertz CT molecular complexity index is 763. The average Bonchev–Trinajstić information content (AvgIpc) is 3.22. The maximum atomic E-state index is 13.0. The Morgan fingerprint density at radius 1 is 1.40 bits per heavy atom. The van der Waals surface area contributed by atoms with Gasteiger partial charge in [-0.25, -0.2) is 0 Å². The molecule has 1 saturated carbocycles. The van der Waals surface area contributed by atoms with Crippen molar-refractivity contribution in [2.24, 2.45) is 11.3 Å². The van der Waals surface area contributed by atoms with Gasteiger partial charge in [-0.2, -0.15) is 4.98 Å². The number of rotatable bonds is 3. The lowest BCUT2D eigenvalue weighted by atomic mass is 9.67. The fourth-order valence-corrected chi connectivity index (χ4v) is 4.10. The number of halogens is 1. The maximum absolute atomic E-state index is 13.0. The lowest BCUT2D eigenvalue weighted by molar-refractivity contribution is -0.128. The molecule has 1 amide bonds. The Morgan fingerprint density at radius 3 is 3.08 bits per heavy atom. The summed E-state index contributed by atoms with van der Waals surface area (Å²) >= 11 is 0. The van der Waals surface area contributed by atoms with Gasteiger partial charge >= 0.3 is 0 Å². The standard InChI is InChI=1S/C18H22N4O2.ClH/c1-12-20-16(22-24-12)13-5-4-7-15(9-13)21-17(23)18-8-3-2-6-14(18)10-19-11-18;/h4-5,7,9,14,19H,2-3,6,8,10-11H2,1H3,(H,21,23);1H/t14-,18+;/m0./s1. The van der Waals surface area contributed by atoms with E-state index in [0.29, 0.717) is 17.6 Å². The Kier molecular flexibility index (Phi) is 5.11. The average molecular weight is 363 g/mol. The van der Waals surface area contributed by atoms with Crippen molar-refractivity contribution in [3.05, 3.63) is 30.2 Å². The van der Waals surface area contributed by atoms with E-state index in [9.17, 15) is 4.79 Å². The molecule has 7 heteroatoms. The molecule has 2 N–H and O–H groups in total. The summed E-state index contributed by atoms with van der Waals surface area (Å²) in [6.07, 6.45) is 4.48. The first-order valence-corrected chi connectivity index (χ1v) is 8.60. The van der Waals surface area contributed by atoms with Gasteiger partial charge in [0.05, 0.1) is 5.41 Å². The Balaban J connectivity index is 0.00000182. The fraction of sp³-hybridized carbons (Fsp3) is 0.500. The van der Waals surface area contributed by atoms with Gasteiger partial charge in [0.15, 0.2) is 0 Å². The number of fused-ring (bicyclic) bond motifs is 1. The molecule has 0 unspecified atom stereocenters. The van der Waals surface area contributed by atoms with Crippen LogP contribution in [0.15, 0.2) is 28.8 Å². The number of aromatic nitrogens is 2. The number of hydrogen-bond acceptors (Lipinski definition) is 5. The van der Waals surface area contributed by atoms with Crippen molar-refractivity contribution in [1.29, 1.82) is 0 Å². The van der Waals surface area contributed by atoms with Crippen LogP contribution in [0.25, 0.3) is 11.4 Å². The highest BCUT2D eigenvalue weighted by molar-refractivity contribution is 5.96. The second-order valence-corrected chi connectivity index (χ2v) is 6.90. The summed E-state index contributed by atoms with van der Waals surface area (Å²) in [6, 6.07) is 7.63. The van der Waals surface area contributed by atoms with Crippen LogP contribution in [0.5, 0.6) is 0 Å². The van der Waals surface area contributed by atoms with Crippen LogP contribution < -0.4 is 10.6 Å². The molecule has 2 atom stereocenters. The lowest BCUT2D eigenvalue weighted by Crippen LogP contribution is -2.44. The van der Waals surface area contributed by atoms with E-state index >= 15 is 0 Å². The highest BCUT2D eigenvalue weighted by atomic mass is 35.5. The molecule has 2 aromatic rings. The lowest BCUT2D eigenvalue weighted by Gasteiger charge is -2.37. The fourth-order valence-electron chi connectivity index (χ4n) is 4.10. The van der Waals surface area contributed by atoms with Gasteiger partial charge in [-0.15, -0.1) is 12.4 Å². The minimum absolute atomic E-state index is 0. The first-order valence-electron chi connectivity index (χ1n) is 8.60. The molecular formula is C18H23ClN4O2. The number of nitrogens with one attached hydrogen (secondary N) is 2. The van der Waals surface area contributed by atoms with Gasteiger partial charge in [-0.05, 0) is 37.4 Å². The summed E-state index contributed by atoms with van der Waals surface area (Å²) in [5.74, 6) is 1.66. The van der Waals surface area contributed by atoms with E-state index in [1.807, 2.05) is 24.3 Å². The highest BCUT2D eigenvalue weighted by Crippen LogP contribution is 2.44. The number of benzene rings is 1. The molecule has 0 bridgehead atoms. The van der Waals surface area contributed by atoms with Crippen LogP contribution in [0.3, 0.4) is 0 Å². The molecule has 1 saturated heterocycles. The monoisotopic (exact) mass is 362 g/mol. The quantitative estimate of drug-likeness (QED) is 0.876. The first-order chi connectivity index (χ1) is 11.7. The number of anilines is 1. The molecule has 6 nitrogen and oxygen atoms in total. The van der Waals surface area contributed by atoms with E-state index in [-0.39, 0.29) is 23.7 Å². The number of aryl methyl sites for hydroxylation is 1. The van der Waals surface area contributed by atoms with Crippen molar-refractivity contribution < 1.29 is 9.32 Å². The molecule has 2 aliphatic rings. The smallest absolute Gasteiger partial charge is 0.232 e. The van der Waals surface area contributed by atoms with E-state index in [4.69, 9.17) is 4.52 Å². The molecule has 4 rings (SSSR count).